The molecule has 0 unspecified atom stereocenters. The van der Waals surface area contributed by atoms with Gasteiger partial charge in [-0.25, -0.2) is 4.98 Å². The zero-order valence-electron chi connectivity index (χ0n) is 46.7. The van der Waals surface area contributed by atoms with E-state index in [1.807, 2.05) is 109 Å². The summed E-state index contributed by atoms with van der Waals surface area (Å²) in [7, 11) is 0. The minimum absolute atomic E-state index is 0.0524. The molecule has 2 heterocycles. The molecule has 10 aromatic rings. The summed E-state index contributed by atoms with van der Waals surface area (Å²) in [5.41, 5.74) is 16.4. The number of para-hydroxylation sites is 2. The molecule has 0 aliphatic heterocycles. The Bertz CT molecular complexity index is 3810. The molecule has 0 atom stereocenters. The third kappa shape index (κ3) is 9.50. The Morgan fingerprint density at radius 2 is 1.07 bits per heavy atom. The summed E-state index contributed by atoms with van der Waals surface area (Å²) in [6.07, 6.45) is 6.85. The van der Waals surface area contributed by atoms with Gasteiger partial charge < -0.3 is 5.11 Å². The summed E-state index contributed by atoms with van der Waals surface area (Å²) in [5, 5.41) is 12.9. The first-order valence-electron chi connectivity index (χ1n) is 28.7. The molecule has 74 heavy (non-hydrogen) atoms. The average molecular weight is 968 g/mol. The van der Waals surface area contributed by atoms with Gasteiger partial charge in [-0.05, 0) is 134 Å². The Kier molecular flexibility index (Phi) is 11.7. The van der Waals surface area contributed by atoms with E-state index in [0.29, 0.717) is 22.5 Å². The van der Waals surface area contributed by atoms with E-state index in [9.17, 15) is 7.85 Å². The second-order valence-electron chi connectivity index (χ2n) is 21.5. The van der Waals surface area contributed by atoms with E-state index in [2.05, 4.69) is 116 Å². The first-order chi connectivity index (χ1) is 37.7. The molecule has 0 saturated heterocycles. The molecule has 0 radical (unpaired) electrons. The van der Waals surface area contributed by atoms with Crippen LogP contribution in [0.2, 0.25) is 0 Å². The van der Waals surface area contributed by atoms with Crippen molar-refractivity contribution in [2.45, 2.75) is 90.3 Å². The quantitative estimate of drug-likeness (QED) is 0.133. The molecule has 2 fully saturated rings. The summed E-state index contributed by atoms with van der Waals surface area (Å²) >= 11 is 0. The lowest BCUT2D eigenvalue weighted by Gasteiger charge is -2.22. The van der Waals surface area contributed by atoms with Crippen LogP contribution in [0.3, 0.4) is 0 Å². The van der Waals surface area contributed by atoms with Gasteiger partial charge in [0.1, 0.15) is 11.6 Å². The monoisotopic (exact) mass is 968 g/mol. The fourth-order valence-corrected chi connectivity index (χ4v) is 11.5. The minimum atomic E-state index is -1.52. The van der Waals surface area contributed by atoms with Gasteiger partial charge in [-0.15, -0.1) is 0 Å². The van der Waals surface area contributed by atoms with E-state index in [0.717, 1.165) is 141 Å². The number of phenolic OH excluding ortho intramolecular Hbond substituents is 1. The van der Waals surface area contributed by atoms with Crippen LogP contribution in [0, 0.1) is 11.8 Å². The van der Waals surface area contributed by atoms with Crippen molar-refractivity contribution < 1.29 is 10.6 Å². The van der Waals surface area contributed by atoms with Crippen LogP contribution >= 0.6 is 0 Å². The van der Waals surface area contributed by atoms with Crippen LogP contribution in [0.5, 0.6) is 5.75 Å². The van der Waals surface area contributed by atoms with Crippen LogP contribution in [-0.2, 0) is 18.2 Å². The number of fused-ring (bicyclic) bond motifs is 1. The predicted molar refractivity (Wildman–Crippen MR) is 309 cm³/mol. The highest BCUT2D eigenvalue weighted by molar-refractivity contribution is 5.99. The lowest BCUT2D eigenvalue weighted by atomic mass is 9.83. The molecule has 2 aliphatic carbocycles. The lowest BCUT2D eigenvalue weighted by molar-refractivity contribution is 0.479. The Morgan fingerprint density at radius 1 is 0.486 bits per heavy atom. The second kappa shape index (κ2) is 20.2. The Labute approximate surface area is 443 Å². The zero-order valence-corrected chi connectivity index (χ0v) is 42.7. The van der Waals surface area contributed by atoms with Gasteiger partial charge in [0.05, 0.1) is 28.0 Å². The SMILES string of the molecule is [2H]C([2H])(c1ccc(-c2ccnc(-c3cc(-c4cccc5c4nc(-c4cccc(-c6ccccc6-c6ccccc6)c4O)n5-c4ccc(C([2H])([2H])C5CCCC5)cc4-c4ccccc4)cc(C(C)(C)C)c3)c2)cc1)C1CCCC1. The van der Waals surface area contributed by atoms with Crippen LogP contribution in [0.25, 0.3) is 95.0 Å². The number of hydrogen-bond donors (Lipinski definition) is 1. The summed E-state index contributed by atoms with van der Waals surface area (Å²) in [6.45, 7) is 6.69. The van der Waals surface area contributed by atoms with Gasteiger partial charge in [0.25, 0.3) is 0 Å². The van der Waals surface area contributed by atoms with Gasteiger partial charge in [-0.1, -0.05) is 218 Å². The zero-order chi connectivity index (χ0) is 53.8. The van der Waals surface area contributed by atoms with Crippen molar-refractivity contribution in [3.63, 3.8) is 0 Å². The Balaban J connectivity index is 1.05. The summed E-state index contributed by atoms with van der Waals surface area (Å²) in [4.78, 5) is 10.6. The lowest BCUT2D eigenvalue weighted by Crippen LogP contribution is -2.11. The normalized spacial score (nSPS) is 15.5. The Hall–Kier alpha value is -7.82. The maximum atomic E-state index is 12.9. The van der Waals surface area contributed by atoms with Crippen LogP contribution in [-0.4, -0.2) is 19.6 Å². The number of pyridine rings is 1. The third-order valence-corrected chi connectivity index (χ3v) is 15.4. The molecule has 4 heteroatoms. The van der Waals surface area contributed by atoms with E-state index in [4.69, 9.17) is 12.7 Å². The van der Waals surface area contributed by atoms with Crippen molar-refractivity contribution in [1.82, 2.24) is 14.5 Å². The van der Waals surface area contributed by atoms with Gasteiger partial charge in [0.15, 0.2) is 0 Å². The molecular formula is C70H65N3O. The van der Waals surface area contributed by atoms with Gasteiger partial charge in [-0.2, -0.15) is 0 Å². The summed E-state index contributed by atoms with van der Waals surface area (Å²) < 4.78 is 39.3. The Morgan fingerprint density at radius 3 is 1.77 bits per heavy atom. The maximum absolute atomic E-state index is 12.9. The second-order valence-corrected chi connectivity index (χ2v) is 21.5. The molecule has 0 spiro atoms. The number of nitrogens with zero attached hydrogens (tertiary/aromatic N) is 3. The fraction of sp³-hybridized carbons (Fsp3) is 0.229. The van der Waals surface area contributed by atoms with Crippen molar-refractivity contribution in [2.75, 3.05) is 0 Å². The van der Waals surface area contributed by atoms with E-state index >= 15 is 0 Å². The highest BCUT2D eigenvalue weighted by atomic mass is 16.3. The standard InChI is InChI=1S/C70H65N3O/c1-70(2,3)57-44-55(43-56(45-57)64-46-54(38-39-71-64)51-35-32-49(33-36-51)40-47-18-10-11-19-47)59-28-17-31-66-67(59)72-69(62-30-16-29-61(68(62)74)60-27-15-14-26-58(60)52-22-6-4-7-23-52)73(66)65-37-34-50(41-48-20-12-13-21-48)42-63(65)53-24-8-5-9-25-53/h4-9,14-17,22-39,42-48,74H,10-13,18-21,40-41H2,1-3H3/i40D2,41D2. The molecular weight excluding hydrogens is 899 g/mol. The first-order valence-corrected chi connectivity index (χ1v) is 26.7. The number of rotatable bonds is 12. The summed E-state index contributed by atoms with van der Waals surface area (Å²) in [5.74, 6) is 0.661. The molecule has 0 bridgehead atoms. The van der Waals surface area contributed by atoms with E-state index in [1.165, 1.54) is 0 Å². The van der Waals surface area contributed by atoms with E-state index in [-0.39, 0.29) is 23.0 Å². The fourth-order valence-electron chi connectivity index (χ4n) is 11.5. The molecule has 0 amide bonds. The molecule has 2 aliphatic rings. The number of aromatic nitrogens is 3. The van der Waals surface area contributed by atoms with Gasteiger partial charge in [0, 0.05) is 33.9 Å². The van der Waals surface area contributed by atoms with Crippen molar-refractivity contribution in [1.29, 1.82) is 0 Å². The maximum Gasteiger partial charge on any atom is 0.149 e. The largest absolute Gasteiger partial charge is 0.507 e. The predicted octanol–water partition coefficient (Wildman–Crippen LogP) is 18.6. The van der Waals surface area contributed by atoms with Crippen LogP contribution < -0.4 is 0 Å². The molecule has 2 aromatic heterocycles. The average Bonchev–Trinajstić information content (AvgIpc) is 4.49. The van der Waals surface area contributed by atoms with Crippen molar-refractivity contribution in [3.05, 3.63) is 217 Å². The van der Waals surface area contributed by atoms with Crippen molar-refractivity contribution >= 4 is 11.0 Å². The van der Waals surface area contributed by atoms with E-state index < -0.39 is 12.7 Å². The molecule has 4 nitrogen and oxygen atoms in total. The highest BCUT2D eigenvalue weighted by Crippen LogP contribution is 2.46. The van der Waals surface area contributed by atoms with E-state index in [1.54, 1.807) is 0 Å². The summed E-state index contributed by atoms with van der Waals surface area (Å²) in [6, 6.07) is 65.9. The third-order valence-electron chi connectivity index (χ3n) is 15.4. The number of aromatic hydroxyl groups is 1. The molecule has 12 rings (SSSR count). The van der Waals surface area contributed by atoms with Gasteiger partial charge in [-0.3, -0.25) is 9.55 Å². The van der Waals surface area contributed by atoms with Crippen LogP contribution in [0.15, 0.2) is 200 Å². The van der Waals surface area contributed by atoms with Crippen molar-refractivity contribution in [3.8, 4) is 89.7 Å². The van der Waals surface area contributed by atoms with Gasteiger partial charge in [0.2, 0.25) is 0 Å². The highest BCUT2D eigenvalue weighted by Gasteiger charge is 2.26. The smallest absolute Gasteiger partial charge is 0.149 e. The molecule has 8 aromatic carbocycles. The van der Waals surface area contributed by atoms with Crippen LogP contribution in [0.4, 0.5) is 0 Å². The van der Waals surface area contributed by atoms with Crippen molar-refractivity contribution in [2.24, 2.45) is 11.8 Å². The van der Waals surface area contributed by atoms with Crippen LogP contribution in [0.1, 0.15) is 94.3 Å². The first kappa shape index (κ1) is 42.7. The number of hydrogen-bond acceptors (Lipinski definition) is 3. The molecule has 366 valence electrons. The number of imidazole rings is 1. The molecule has 1 N–H and O–H groups in total. The number of benzene rings is 8. The van der Waals surface area contributed by atoms with Gasteiger partial charge >= 0.3 is 0 Å². The molecule has 2 saturated carbocycles. The minimum Gasteiger partial charge on any atom is -0.507 e. The topological polar surface area (TPSA) is 50.9 Å². The number of phenols is 1.